The maximum Gasteiger partial charge on any atom is 0.194 e. The average molecular weight is 358 g/mol. The van der Waals surface area contributed by atoms with Crippen LogP contribution in [0.4, 0.5) is 0 Å². The Morgan fingerprint density at radius 3 is 2.65 bits per heavy atom. The Morgan fingerprint density at radius 2 is 1.96 bits per heavy atom. The van der Waals surface area contributed by atoms with E-state index in [4.69, 9.17) is 4.99 Å². The molecule has 0 aromatic carbocycles. The first-order valence-corrected chi connectivity index (χ1v) is 10.0. The second-order valence-corrected chi connectivity index (χ2v) is 7.80. The molecule has 1 saturated carbocycles. The van der Waals surface area contributed by atoms with Crippen LogP contribution < -0.4 is 5.32 Å². The van der Waals surface area contributed by atoms with Crippen molar-refractivity contribution in [1.82, 2.24) is 29.9 Å². The molecule has 7 nitrogen and oxygen atoms in total. The topological polar surface area (TPSA) is 61.6 Å². The normalized spacial score (nSPS) is 24.9. The van der Waals surface area contributed by atoms with Gasteiger partial charge in [0.2, 0.25) is 0 Å². The summed E-state index contributed by atoms with van der Waals surface area (Å²) in [6.45, 7) is 6.90. The molecular formula is C19H31N7. The Labute approximate surface area is 156 Å². The number of aryl methyl sites for hydroxylation is 1. The molecule has 1 aromatic rings. The molecule has 1 saturated heterocycles. The highest BCUT2D eigenvalue weighted by Gasteiger charge is 2.30. The molecule has 1 atom stereocenters. The van der Waals surface area contributed by atoms with Gasteiger partial charge in [-0.3, -0.25) is 4.90 Å². The van der Waals surface area contributed by atoms with Gasteiger partial charge in [-0.1, -0.05) is 25.0 Å². The van der Waals surface area contributed by atoms with Gasteiger partial charge in [0.25, 0.3) is 0 Å². The number of rotatable bonds is 4. The minimum Gasteiger partial charge on any atom is -0.353 e. The Kier molecular flexibility index (Phi) is 5.24. The van der Waals surface area contributed by atoms with Gasteiger partial charge in [-0.25, -0.2) is 4.99 Å². The molecule has 1 unspecified atom stereocenters. The summed E-state index contributed by atoms with van der Waals surface area (Å²) < 4.78 is 2.03. The summed E-state index contributed by atoms with van der Waals surface area (Å²) in [5.41, 5.74) is 0. The van der Waals surface area contributed by atoms with Gasteiger partial charge in [0.15, 0.2) is 11.8 Å². The summed E-state index contributed by atoms with van der Waals surface area (Å²) in [5, 5.41) is 12.2. The number of aromatic nitrogens is 3. The van der Waals surface area contributed by atoms with Crippen molar-refractivity contribution >= 4 is 5.96 Å². The summed E-state index contributed by atoms with van der Waals surface area (Å²) >= 11 is 0. The van der Waals surface area contributed by atoms with Crippen LogP contribution in [-0.4, -0.2) is 68.8 Å². The summed E-state index contributed by atoms with van der Waals surface area (Å²) in [7, 11) is 2.01. The number of guanidine groups is 1. The van der Waals surface area contributed by atoms with Crippen molar-refractivity contribution in [2.75, 3.05) is 26.2 Å². The summed E-state index contributed by atoms with van der Waals surface area (Å²) in [6, 6.07) is 1.21. The molecule has 7 heteroatoms. The molecule has 2 fully saturated rings. The van der Waals surface area contributed by atoms with Crippen molar-refractivity contribution in [2.45, 2.75) is 57.7 Å². The molecule has 26 heavy (non-hydrogen) atoms. The maximum atomic E-state index is 4.95. The fourth-order valence-electron chi connectivity index (χ4n) is 4.25. The van der Waals surface area contributed by atoms with Gasteiger partial charge in [-0.15, -0.1) is 10.2 Å². The molecule has 1 N–H and O–H groups in total. The highest BCUT2D eigenvalue weighted by Crippen LogP contribution is 2.21. The van der Waals surface area contributed by atoms with E-state index in [-0.39, 0.29) is 0 Å². The molecular weight excluding hydrogens is 326 g/mol. The second-order valence-electron chi connectivity index (χ2n) is 7.80. The molecule has 1 aromatic heterocycles. The van der Waals surface area contributed by atoms with E-state index in [1.54, 1.807) is 0 Å². The van der Waals surface area contributed by atoms with Gasteiger partial charge in [-0.2, -0.15) is 0 Å². The predicted octanol–water partition coefficient (Wildman–Crippen LogP) is 1.46. The fourth-order valence-corrected chi connectivity index (χ4v) is 4.25. The van der Waals surface area contributed by atoms with E-state index in [9.17, 15) is 0 Å². The molecule has 0 spiro atoms. The second kappa shape index (κ2) is 7.78. The van der Waals surface area contributed by atoms with Crippen LogP contribution in [0.1, 0.15) is 43.8 Å². The average Bonchev–Trinajstić information content (AvgIpc) is 3.43. The maximum absolute atomic E-state index is 4.95. The molecule has 2 aliphatic heterocycles. The summed E-state index contributed by atoms with van der Waals surface area (Å²) in [6.07, 6.45) is 11.0. The first-order valence-electron chi connectivity index (χ1n) is 10.0. The van der Waals surface area contributed by atoms with Gasteiger partial charge < -0.3 is 14.8 Å². The predicted molar refractivity (Wildman–Crippen MR) is 103 cm³/mol. The zero-order valence-corrected chi connectivity index (χ0v) is 16.1. The first-order chi connectivity index (χ1) is 12.7. The molecule has 3 aliphatic rings. The summed E-state index contributed by atoms with van der Waals surface area (Å²) in [5.74, 6) is 2.92. The van der Waals surface area contributed by atoms with Gasteiger partial charge in [0, 0.05) is 45.3 Å². The van der Waals surface area contributed by atoms with E-state index in [1.807, 2.05) is 18.5 Å². The van der Waals surface area contributed by atoms with Crippen molar-refractivity contribution in [3.05, 3.63) is 23.8 Å². The highest BCUT2D eigenvalue weighted by molar-refractivity contribution is 5.80. The van der Waals surface area contributed by atoms with Crippen LogP contribution in [0.5, 0.6) is 0 Å². The lowest BCUT2D eigenvalue weighted by molar-refractivity contribution is 0.259. The smallest absolute Gasteiger partial charge is 0.194 e. The van der Waals surface area contributed by atoms with Gasteiger partial charge in [0.1, 0.15) is 12.4 Å². The molecule has 0 amide bonds. The van der Waals surface area contributed by atoms with Crippen molar-refractivity contribution in [2.24, 2.45) is 12.0 Å². The van der Waals surface area contributed by atoms with Crippen molar-refractivity contribution in [3.8, 4) is 0 Å². The third kappa shape index (κ3) is 3.77. The van der Waals surface area contributed by atoms with Crippen molar-refractivity contribution < 1.29 is 0 Å². The third-order valence-corrected chi connectivity index (χ3v) is 6.07. The number of nitrogens with one attached hydrogen (secondary N) is 1. The SMILES string of the molecule is Cc1nnc(CN=C(NC2CCCC2)N2CCC(N3CC=CC3)C2)n1C. The molecule has 0 bridgehead atoms. The van der Waals surface area contributed by atoms with Crippen molar-refractivity contribution in [3.63, 3.8) is 0 Å². The van der Waals surface area contributed by atoms with Crippen molar-refractivity contribution in [1.29, 1.82) is 0 Å². The molecule has 1 aliphatic carbocycles. The molecule has 0 radical (unpaired) electrons. The van der Waals surface area contributed by atoms with E-state index < -0.39 is 0 Å². The van der Waals surface area contributed by atoms with Gasteiger partial charge in [0.05, 0.1) is 0 Å². The lowest BCUT2D eigenvalue weighted by Crippen LogP contribution is -2.46. The van der Waals surface area contributed by atoms with Crippen LogP contribution in [0.15, 0.2) is 17.1 Å². The third-order valence-electron chi connectivity index (χ3n) is 6.07. The highest BCUT2D eigenvalue weighted by atomic mass is 15.4. The van der Waals surface area contributed by atoms with E-state index in [1.165, 1.54) is 32.1 Å². The van der Waals surface area contributed by atoms with Gasteiger partial charge in [-0.05, 0) is 26.2 Å². The molecule has 4 rings (SSSR count). The number of nitrogens with zero attached hydrogens (tertiary/aromatic N) is 6. The van der Waals surface area contributed by atoms with Crippen LogP contribution >= 0.6 is 0 Å². The van der Waals surface area contributed by atoms with E-state index >= 15 is 0 Å². The largest absolute Gasteiger partial charge is 0.353 e. The molecule has 142 valence electrons. The number of hydrogen-bond acceptors (Lipinski definition) is 4. The Balaban J connectivity index is 1.45. The number of hydrogen-bond donors (Lipinski definition) is 1. The van der Waals surface area contributed by atoms with Crippen LogP contribution in [0.2, 0.25) is 0 Å². The fraction of sp³-hybridized carbons (Fsp3) is 0.737. The lowest BCUT2D eigenvalue weighted by Gasteiger charge is -2.27. The minimum atomic E-state index is 0.572. The van der Waals surface area contributed by atoms with Crippen LogP contribution in [0, 0.1) is 6.92 Å². The monoisotopic (exact) mass is 357 g/mol. The van der Waals surface area contributed by atoms with E-state index in [2.05, 4.69) is 37.5 Å². The van der Waals surface area contributed by atoms with E-state index in [0.29, 0.717) is 18.6 Å². The van der Waals surface area contributed by atoms with Gasteiger partial charge >= 0.3 is 0 Å². The number of aliphatic imine (C=N–C) groups is 1. The zero-order valence-electron chi connectivity index (χ0n) is 16.1. The van der Waals surface area contributed by atoms with Crippen LogP contribution in [-0.2, 0) is 13.6 Å². The quantitative estimate of drug-likeness (QED) is 0.502. The lowest BCUT2D eigenvalue weighted by atomic mass is 10.2. The minimum absolute atomic E-state index is 0.572. The standard InChI is InChI=1S/C19H31N7/c1-15-22-23-18(24(15)2)13-20-19(21-16-7-3-4-8-16)26-12-9-17(14-26)25-10-5-6-11-25/h5-6,16-17H,3-4,7-14H2,1-2H3,(H,20,21). The van der Waals surface area contributed by atoms with Crippen LogP contribution in [0.3, 0.4) is 0 Å². The Hall–Kier alpha value is -1.89. The Bertz CT molecular complexity index is 663. The zero-order chi connectivity index (χ0) is 17.9. The van der Waals surface area contributed by atoms with Crippen LogP contribution in [0.25, 0.3) is 0 Å². The summed E-state index contributed by atoms with van der Waals surface area (Å²) in [4.78, 5) is 9.97. The first kappa shape index (κ1) is 17.5. The molecule has 3 heterocycles. The number of likely N-dealkylation sites (tertiary alicyclic amines) is 1. The Morgan fingerprint density at radius 1 is 1.19 bits per heavy atom. The van der Waals surface area contributed by atoms with E-state index in [0.717, 1.165) is 43.8 Å².